The third kappa shape index (κ3) is 6.77. The molecule has 0 aliphatic carbocycles. The largest absolute Gasteiger partial charge is 0.444 e. The van der Waals surface area contributed by atoms with E-state index < -0.39 is 21.5 Å². The van der Waals surface area contributed by atoms with Gasteiger partial charge < -0.3 is 15.4 Å². The predicted molar refractivity (Wildman–Crippen MR) is 73.8 cm³/mol. The molecule has 1 fully saturated rings. The van der Waals surface area contributed by atoms with Gasteiger partial charge >= 0.3 is 6.09 Å². The smallest absolute Gasteiger partial charge is 0.407 e. The Bertz CT molecular complexity index is 414. The first-order valence-corrected chi connectivity index (χ1v) is 8.51. The number of carbonyl (C=O) groups is 1. The van der Waals surface area contributed by atoms with Crippen molar-refractivity contribution >= 4 is 15.9 Å². The highest BCUT2D eigenvalue weighted by Crippen LogP contribution is 2.15. The van der Waals surface area contributed by atoms with Gasteiger partial charge in [0, 0.05) is 24.8 Å². The Kier molecular flexibility index (Phi) is 5.20. The summed E-state index contributed by atoms with van der Waals surface area (Å²) in [6.45, 7) is 6.74. The minimum absolute atomic E-state index is 0.0699. The molecule has 0 radical (unpaired) electrons. The Labute approximate surface area is 115 Å². The Morgan fingerprint density at radius 2 is 2.05 bits per heavy atom. The van der Waals surface area contributed by atoms with Crippen molar-refractivity contribution in [3.8, 4) is 0 Å². The summed E-state index contributed by atoms with van der Waals surface area (Å²) in [4.78, 5) is 11.7. The summed E-state index contributed by atoms with van der Waals surface area (Å²) in [5, 5.41) is 5.93. The molecule has 0 aromatic rings. The second-order valence-corrected chi connectivity index (χ2v) is 8.28. The van der Waals surface area contributed by atoms with E-state index in [2.05, 4.69) is 10.6 Å². The normalized spacial score (nSPS) is 24.8. The van der Waals surface area contributed by atoms with Crippen LogP contribution < -0.4 is 10.6 Å². The van der Waals surface area contributed by atoms with Gasteiger partial charge in [-0.2, -0.15) is 0 Å². The van der Waals surface area contributed by atoms with Gasteiger partial charge in [-0.1, -0.05) is 0 Å². The van der Waals surface area contributed by atoms with Gasteiger partial charge in [0.05, 0.1) is 5.75 Å². The van der Waals surface area contributed by atoms with Crippen molar-refractivity contribution in [3.05, 3.63) is 0 Å². The van der Waals surface area contributed by atoms with Crippen molar-refractivity contribution in [1.29, 1.82) is 0 Å². The van der Waals surface area contributed by atoms with Crippen LogP contribution in [0.2, 0.25) is 0 Å². The summed E-state index contributed by atoms with van der Waals surface area (Å²) in [6.07, 6.45) is 1.43. The third-order valence-electron chi connectivity index (χ3n) is 2.83. The average Bonchev–Trinajstić information content (AvgIpc) is 2.15. The fourth-order valence-electron chi connectivity index (χ4n) is 2.14. The van der Waals surface area contributed by atoms with Gasteiger partial charge in [0.1, 0.15) is 15.4 Å². The molecular weight excluding hydrogens is 268 g/mol. The van der Waals surface area contributed by atoms with Crippen LogP contribution in [0.1, 0.15) is 27.2 Å². The molecule has 2 atom stereocenters. The molecule has 1 rings (SSSR count). The van der Waals surface area contributed by atoms with Gasteiger partial charge in [0.25, 0.3) is 0 Å². The van der Waals surface area contributed by atoms with Crippen LogP contribution in [0, 0.1) is 5.92 Å². The lowest BCUT2D eigenvalue weighted by Gasteiger charge is -2.33. The number of alkyl carbamates (subject to hydrolysis) is 1. The number of amides is 1. The van der Waals surface area contributed by atoms with Gasteiger partial charge in [-0.3, -0.25) is 0 Å². The van der Waals surface area contributed by atoms with Crippen LogP contribution in [0.4, 0.5) is 4.79 Å². The number of nitrogens with one attached hydrogen (secondary N) is 2. The highest BCUT2D eigenvalue weighted by molar-refractivity contribution is 7.90. The van der Waals surface area contributed by atoms with E-state index >= 15 is 0 Å². The standard InChI is InChI=1S/C12H24N2O4S/c1-12(2,3)18-11(15)14-10-5-6-13-7-9(10)8-19(4,16)17/h9-10,13H,5-8H2,1-4H3,(H,14,15). The predicted octanol–water partition coefficient (Wildman–Crippen LogP) is 0.534. The van der Waals surface area contributed by atoms with E-state index in [4.69, 9.17) is 4.74 Å². The van der Waals surface area contributed by atoms with Crippen LogP contribution in [0.25, 0.3) is 0 Å². The van der Waals surface area contributed by atoms with Crippen LogP contribution in [-0.2, 0) is 14.6 Å². The molecule has 6 nitrogen and oxygen atoms in total. The molecule has 7 heteroatoms. The summed E-state index contributed by atoms with van der Waals surface area (Å²) in [6, 6.07) is -0.161. The number of ether oxygens (including phenoxy) is 1. The van der Waals surface area contributed by atoms with Crippen molar-refractivity contribution in [2.45, 2.75) is 38.8 Å². The van der Waals surface area contributed by atoms with Gasteiger partial charge in [0.15, 0.2) is 0 Å². The lowest BCUT2D eigenvalue weighted by atomic mass is 9.95. The molecular formula is C12H24N2O4S. The van der Waals surface area contributed by atoms with Crippen molar-refractivity contribution in [3.63, 3.8) is 0 Å². The first-order valence-electron chi connectivity index (χ1n) is 6.45. The maximum Gasteiger partial charge on any atom is 0.407 e. The third-order valence-corrected chi connectivity index (χ3v) is 3.86. The molecule has 19 heavy (non-hydrogen) atoms. The molecule has 1 amide bonds. The van der Waals surface area contributed by atoms with Crippen molar-refractivity contribution in [1.82, 2.24) is 10.6 Å². The average molecular weight is 292 g/mol. The zero-order valence-electron chi connectivity index (χ0n) is 12.0. The molecule has 2 N–H and O–H groups in total. The second kappa shape index (κ2) is 6.09. The SMILES string of the molecule is CC(C)(C)OC(=O)NC1CCNCC1CS(C)(=O)=O. The summed E-state index contributed by atoms with van der Waals surface area (Å²) < 4.78 is 28.0. The molecule has 0 aromatic carbocycles. The summed E-state index contributed by atoms with van der Waals surface area (Å²) in [7, 11) is -3.06. The zero-order valence-corrected chi connectivity index (χ0v) is 12.8. The fourth-order valence-corrected chi connectivity index (χ4v) is 3.26. The zero-order chi connectivity index (χ0) is 14.7. The van der Waals surface area contributed by atoms with Crippen LogP contribution in [-0.4, -0.2) is 51.3 Å². The molecule has 0 aromatic heterocycles. The minimum atomic E-state index is -3.06. The van der Waals surface area contributed by atoms with Gasteiger partial charge in [0.2, 0.25) is 0 Å². The van der Waals surface area contributed by atoms with Crippen LogP contribution in [0.3, 0.4) is 0 Å². The van der Waals surface area contributed by atoms with Gasteiger partial charge in [-0.05, 0) is 33.7 Å². The van der Waals surface area contributed by atoms with Crippen LogP contribution in [0.15, 0.2) is 0 Å². The molecule has 0 spiro atoms. The van der Waals surface area contributed by atoms with Gasteiger partial charge in [-0.25, -0.2) is 13.2 Å². The highest BCUT2D eigenvalue weighted by atomic mass is 32.2. The number of piperidine rings is 1. The van der Waals surface area contributed by atoms with Crippen molar-refractivity contribution in [2.24, 2.45) is 5.92 Å². The van der Waals surface area contributed by atoms with E-state index in [9.17, 15) is 13.2 Å². The highest BCUT2D eigenvalue weighted by Gasteiger charge is 2.30. The van der Waals surface area contributed by atoms with E-state index in [1.54, 1.807) is 20.8 Å². The monoisotopic (exact) mass is 292 g/mol. The van der Waals surface area contributed by atoms with E-state index in [1.807, 2.05) is 0 Å². The van der Waals surface area contributed by atoms with E-state index in [1.165, 1.54) is 6.26 Å². The summed E-state index contributed by atoms with van der Waals surface area (Å²) in [5.74, 6) is -0.0447. The van der Waals surface area contributed by atoms with E-state index in [0.717, 1.165) is 6.54 Å². The number of hydrogen-bond acceptors (Lipinski definition) is 5. The Morgan fingerprint density at radius 3 is 2.58 bits per heavy atom. The molecule has 1 heterocycles. The number of rotatable bonds is 3. The Balaban J connectivity index is 2.60. The lowest BCUT2D eigenvalue weighted by molar-refractivity contribution is 0.0478. The first-order chi connectivity index (χ1) is 8.57. The second-order valence-electron chi connectivity index (χ2n) is 6.10. The quantitative estimate of drug-likeness (QED) is 0.793. The van der Waals surface area contributed by atoms with Crippen LogP contribution >= 0.6 is 0 Å². The van der Waals surface area contributed by atoms with Crippen molar-refractivity contribution < 1.29 is 17.9 Å². The molecule has 0 bridgehead atoms. The Morgan fingerprint density at radius 1 is 1.42 bits per heavy atom. The molecule has 1 saturated heterocycles. The fraction of sp³-hybridized carbons (Fsp3) is 0.917. The molecule has 112 valence electrons. The lowest BCUT2D eigenvalue weighted by Crippen LogP contribution is -2.52. The summed E-state index contributed by atoms with van der Waals surface area (Å²) >= 11 is 0. The molecule has 1 aliphatic heterocycles. The molecule has 1 aliphatic rings. The summed E-state index contributed by atoms with van der Waals surface area (Å²) in [5.41, 5.74) is -0.552. The maximum absolute atomic E-state index is 11.7. The molecule has 2 unspecified atom stereocenters. The number of sulfone groups is 1. The number of hydrogen-bond donors (Lipinski definition) is 2. The number of carbonyl (C=O) groups excluding carboxylic acids is 1. The van der Waals surface area contributed by atoms with Gasteiger partial charge in [-0.15, -0.1) is 0 Å². The van der Waals surface area contributed by atoms with Crippen LogP contribution in [0.5, 0.6) is 0 Å². The first kappa shape index (κ1) is 16.2. The Hall–Kier alpha value is -0.820. The minimum Gasteiger partial charge on any atom is -0.444 e. The maximum atomic E-state index is 11.7. The topological polar surface area (TPSA) is 84.5 Å². The van der Waals surface area contributed by atoms with E-state index in [0.29, 0.717) is 13.0 Å². The molecule has 0 saturated carbocycles. The van der Waals surface area contributed by atoms with E-state index in [-0.39, 0.29) is 17.7 Å². The van der Waals surface area contributed by atoms with Crippen molar-refractivity contribution in [2.75, 3.05) is 25.1 Å².